The summed E-state index contributed by atoms with van der Waals surface area (Å²) in [4.78, 5) is 10.8. The van der Waals surface area contributed by atoms with E-state index >= 15 is 0 Å². The van der Waals surface area contributed by atoms with E-state index < -0.39 is 11.5 Å². The topological polar surface area (TPSA) is 49.3 Å². The summed E-state index contributed by atoms with van der Waals surface area (Å²) in [6.07, 6.45) is -0.151. The van der Waals surface area contributed by atoms with Gasteiger partial charge < -0.3 is 10.4 Å². The summed E-state index contributed by atoms with van der Waals surface area (Å²) < 4.78 is 13.6. The monoisotopic (exact) mass is 225 g/mol. The highest BCUT2D eigenvalue weighted by atomic mass is 19.1. The lowest BCUT2D eigenvalue weighted by Crippen LogP contribution is -2.42. The van der Waals surface area contributed by atoms with Crippen LogP contribution in [-0.4, -0.2) is 17.6 Å². The smallest absolute Gasteiger partial charge is 0.305 e. The highest BCUT2D eigenvalue weighted by Crippen LogP contribution is 2.26. The molecule has 1 aromatic rings. The zero-order valence-corrected chi connectivity index (χ0v) is 9.46. The summed E-state index contributed by atoms with van der Waals surface area (Å²) in [5, 5.41) is 11.9. The Balaban J connectivity index is 3.10. The summed E-state index contributed by atoms with van der Waals surface area (Å²) in [7, 11) is 0. The molecule has 1 rings (SSSR count). The van der Waals surface area contributed by atoms with Crippen LogP contribution in [0.5, 0.6) is 0 Å². The average Bonchev–Trinajstić information content (AvgIpc) is 2.17. The second kappa shape index (κ2) is 5.07. The van der Waals surface area contributed by atoms with Gasteiger partial charge in [-0.3, -0.25) is 4.79 Å². The van der Waals surface area contributed by atoms with E-state index in [1.807, 2.05) is 6.92 Å². The molecule has 3 nitrogen and oxygen atoms in total. The van der Waals surface area contributed by atoms with Crippen molar-refractivity contribution in [3.05, 3.63) is 35.6 Å². The largest absolute Gasteiger partial charge is 0.481 e. The zero-order chi connectivity index (χ0) is 12.2. The molecule has 0 fully saturated rings. The molecule has 2 N–H and O–H groups in total. The molecule has 0 bridgehead atoms. The van der Waals surface area contributed by atoms with Crippen molar-refractivity contribution >= 4 is 5.97 Å². The van der Waals surface area contributed by atoms with Crippen molar-refractivity contribution < 1.29 is 14.3 Å². The maximum Gasteiger partial charge on any atom is 0.305 e. The number of carboxylic acids is 1. The van der Waals surface area contributed by atoms with Gasteiger partial charge in [0.2, 0.25) is 0 Å². The normalized spacial score (nSPS) is 14.4. The Labute approximate surface area is 94.3 Å². The molecule has 0 radical (unpaired) electrons. The number of benzene rings is 1. The molecule has 0 aliphatic carbocycles. The van der Waals surface area contributed by atoms with E-state index in [9.17, 15) is 9.18 Å². The van der Waals surface area contributed by atoms with Gasteiger partial charge in [-0.1, -0.05) is 25.1 Å². The van der Waals surface area contributed by atoms with E-state index in [-0.39, 0.29) is 12.2 Å². The SMILES string of the molecule is CCNC(C)(CC(=O)O)c1ccccc1F. The fourth-order valence-electron chi connectivity index (χ4n) is 1.85. The number of hydrogen-bond acceptors (Lipinski definition) is 2. The van der Waals surface area contributed by atoms with Crippen LogP contribution in [0.4, 0.5) is 4.39 Å². The summed E-state index contributed by atoms with van der Waals surface area (Å²) in [6.45, 7) is 4.14. The molecule has 0 heterocycles. The molecule has 0 saturated heterocycles. The Hall–Kier alpha value is -1.42. The van der Waals surface area contributed by atoms with Crippen molar-refractivity contribution in [2.24, 2.45) is 0 Å². The second-order valence-electron chi connectivity index (χ2n) is 3.91. The molecule has 1 aromatic carbocycles. The van der Waals surface area contributed by atoms with Crippen molar-refractivity contribution in [3.8, 4) is 0 Å². The molecular weight excluding hydrogens is 209 g/mol. The van der Waals surface area contributed by atoms with Gasteiger partial charge in [0.05, 0.1) is 12.0 Å². The van der Waals surface area contributed by atoms with Gasteiger partial charge in [-0.2, -0.15) is 0 Å². The Bertz CT molecular complexity index is 381. The lowest BCUT2D eigenvalue weighted by molar-refractivity contribution is -0.138. The molecule has 0 amide bonds. The minimum absolute atomic E-state index is 0.151. The molecular formula is C12H16FNO2. The van der Waals surface area contributed by atoms with E-state index in [1.165, 1.54) is 6.07 Å². The molecule has 0 saturated carbocycles. The molecule has 4 heteroatoms. The number of hydrogen-bond donors (Lipinski definition) is 2. The van der Waals surface area contributed by atoms with Gasteiger partial charge in [0, 0.05) is 5.56 Å². The average molecular weight is 225 g/mol. The van der Waals surface area contributed by atoms with Crippen LogP contribution in [0, 0.1) is 5.82 Å². The fourth-order valence-corrected chi connectivity index (χ4v) is 1.85. The highest BCUT2D eigenvalue weighted by Gasteiger charge is 2.30. The van der Waals surface area contributed by atoms with Crippen molar-refractivity contribution in [3.63, 3.8) is 0 Å². The number of nitrogens with one attached hydrogen (secondary N) is 1. The van der Waals surface area contributed by atoms with E-state index in [2.05, 4.69) is 5.32 Å². The first-order chi connectivity index (χ1) is 7.49. The molecule has 0 aromatic heterocycles. The van der Waals surface area contributed by atoms with Crippen LogP contribution >= 0.6 is 0 Å². The Morgan fingerprint density at radius 2 is 2.12 bits per heavy atom. The Kier molecular flexibility index (Phi) is 4.01. The van der Waals surface area contributed by atoms with E-state index in [0.29, 0.717) is 12.1 Å². The number of halogens is 1. The maximum atomic E-state index is 13.6. The summed E-state index contributed by atoms with van der Waals surface area (Å²) in [5.74, 6) is -1.33. The first-order valence-electron chi connectivity index (χ1n) is 5.21. The lowest BCUT2D eigenvalue weighted by atomic mass is 9.88. The van der Waals surface area contributed by atoms with Gasteiger partial charge in [0.1, 0.15) is 5.82 Å². The van der Waals surface area contributed by atoms with E-state index in [1.54, 1.807) is 25.1 Å². The highest BCUT2D eigenvalue weighted by molar-refractivity contribution is 5.68. The van der Waals surface area contributed by atoms with Gasteiger partial charge in [-0.15, -0.1) is 0 Å². The summed E-state index contributed by atoms with van der Waals surface area (Å²) >= 11 is 0. The minimum atomic E-state index is -0.952. The fraction of sp³-hybridized carbons (Fsp3) is 0.417. The van der Waals surface area contributed by atoms with Gasteiger partial charge in [0.15, 0.2) is 0 Å². The minimum Gasteiger partial charge on any atom is -0.481 e. The van der Waals surface area contributed by atoms with Crippen LogP contribution in [0.1, 0.15) is 25.8 Å². The molecule has 16 heavy (non-hydrogen) atoms. The van der Waals surface area contributed by atoms with Gasteiger partial charge in [-0.25, -0.2) is 4.39 Å². The van der Waals surface area contributed by atoms with Crippen LogP contribution in [0.15, 0.2) is 24.3 Å². The molecule has 1 unspecified atom stereocenters. The zero-order valence-electron chi connectivity index (χ0n) is 9.46. The van der Waals surface area contributed by atoms with Crippen molar-refractivity contribution in [2.75, 3.05) is 6.54 Å². The molecule has 88 valence electrons. The summed E-state index contributed by atoms with van der Waals surface area (Å²) in [6, 6.07) is 6.25. The Morgan fingerprint density at radius 3 is 2.62 bits per heavy atom. The number of aliphatic carboxylic acids is 1. The van der Waals surface area contributed by atoms with Crippen LogP contribution in [-0.2, 0) is 10.3 Å². The third-order valence-electron chi connectivity index (χ3n) is 2.54. The van der Waals surface area contributed by atoms with Crippen LogP contribution < -0.4 is 5.32 Å². The van der Waals surface area contributed by atoms with Crippen molar-refractivity contribution in [1.29, 1.82) is 0 Å². The van der Waals surface area contributed by atoms with Crippen molar-refractivity contribution in [1.82, 2.24) is 5.32 Å². The number of carbonyl (C=O) groups is 1. The van der Waals surface area contributed by atoms with Gasteiger partial charge in [-0.05, 0) is 19.5 Å². The molecule has 0 aliphatic heterocycles. The maximum absolute atomic E-state index is 13.6. The van der Waals surface area contributed by atoms with Gasteiger partial charge in [0.25, 0.3) is 0 Å². The first-order valence-corrected chi connectivity index (χ1v) is 5.21. The second-order valence-corrected chi connectivity index (χ2v) is 3.91. The summed E-state index contributed by atoms with van der Waals surface area (Å²) in [5.41, 5.74) is -0.481. The standard InChI is InChI=1S/C12H16FNO2/c1-3-14-12(2,8-11(15)16)9-6-4-5-7-10(9)13/h4-7,14H,3,8H2,1-2H3,(H,15,16). The van der Waals surface area contributed by atoms with Crippen LogP contribution in [0.3, 0.4) is 0 Å². The van der Waals surface area contributed by atoms with Gasteiger partial charge >= 0.3 is 5.97 Å². The lowest BCUT2D eigenvalue weighted by Gasteiger charge is -2.29. The molecule has 1 atom stereocenters. The van der Waals surface area contributed by atoms with Crippen LogP contribution in [0.2, 0.25) is 0 Å². The van der Waals surface area contributed by atoms with E-state index in [4.69, 9.17) is 5.11 Å². The Morgan fingerprint density at radius 1 is 1.50 bits per heavy atom. The molecule has 0 spiro atoms. The van der Waals surface area contributed by atoms with E-state index in [0.717, 1.165) is 0 Å². The van der Waals surface area contributed by atoms with Crippen molar-refractivity contribution in [2.45, 2.75) is 25.8 Å². The third kappa shape index (κ3) is 2.79. The first kappa shape index (κ1) is 12.6. The predicted octanol–water partition coefficient (Wildman–Crippen LogP) is 2.13. The number of rotatable bonds is 5. The number of carboxylic acid groups (broad SMARTS) is 1. The molecule has 0 aliphatic rings. The predicted molar refractivity (Wildman–Crippen MR) is 59.7 cm³/mol. The third-order valence-corrected chi connectivity index (χ3v) is 2.54. The quantitative estimate of drug-likeness (QED) is 0.807. The van der Waals surface area contributed by atoms with Crippen LogP contribution in [0.25, 0.3) is 0 Å².